The Morgan fingerprint density at radius 2 is 1.67 bits per heavy atom. The molecule has 0 spiro atoms. The van der Waals surface area contributed by atoms with Crippen molar-refractivity contribution in [3.63, 3.8) is 0 Å². The summed E-state index contributed by atoms with van der Waals surface area (Å²) in [5.74, 6) is -1.14. The number of carbonyl (C=O) groups is 2. The lowest BCUT2D eigenvalue weighted by atomic mass is 10.0. The van der Waals surface area contributed by atoms with E-state index in [-0.39, 0.29) is 11.1 Å². The molecular formula is C16H17NO4. The first-order chi connectivity index (χ1) is 10.0. The molecule has 1 aromatic carbocycles. The van der Waals surface area contributed by atoms with Crippen LogP contribution < -0.4 is 4.90 Å². The van der Waals surface area contributed by atoms with Gasteiger partial charge in [0.05, 0.1) is 25.4 Å². The van der Waals surface area contributed by atoms with Crippen LogP contribution in [-0.2, 0) is 19.1 Å². The highest BCUT2D eigenvalue weighted by Gasteiger charge is 2.29. The summed E-state index contributed by atoms with van der Waals surface area (Å²) in [6, 6.07) is 7.57. The summed E-state index contributed by atoms with van der Waals surface area (Å²) in [4.78, 5) is 26.0. The van der Waals surface area contributed by atoms with Crippen LogP contribution in [0.1, 0.15) is 12.5 Å². The van der Waals surface area contributed by atoms with Gasteiger partial charge in [-0.25, -0.2) is 9.59 Å². The number of nitrogens with zero attached hydrogens (tertiary/aromatic N) is 1. The van der Waals surface area contributed by atoms with Gasteiger partial charge >= 0.3 is 11.9 Å². The molecule has 0 saturated heterocycles. The minimum Gasteiger partial charge on any atom is -0.465 e. The number of ether oxygens (including phenoxy) is 2. The maximum Gasteiger partial charge on any atom is 0.340 e. The minimum atomic E-state index is -0.570. The van der Waals surface area contributed by atoms with Gasteiger partial charge < -0.3 is 14.4 Å². The maximum atomic E-state index is 12.1. The second-order valence-corrected chi connectivity index (χ2v) is 4.62. The first-order valence-electron chi connectivity index (χ1n) is 6.43. The molecule has 2 rings (SSSR count). The Balaban J connectivity index is 2.75. The van der Waals surface area contributed by atoms with Gasteiger partial charge in [-0.1, -0.05) is 18.2 Å². The van der Waals surface area contributed by atoms with Gasteiger partial charge in [-0.2, -0.15) is 0 Å². The number of methoxy groups -OCH3 is 2. The number of para-hydroxylation sites is 1. The van der Waals surface area contributed by atoms with E-state index in [4.69, 9.17) is 9.47 Å². The molecule has 0 saturated carbocycles. The number of esters is 2. The Bertz CT molecular complexity index is 658. The van der Waals surface area contributed by atoms with Gasteiger partial charge in [0.1, 0.15) is 0 Å². The van der Waals surface area contributed by atoms with E-state index in [9.17, 15) is 9.59 Å². The Kier molecular flexibility index (Phi) is 4.12. The van der Waals surface area contributed by atoms with Crippen LogP contribution in [0.5, 0.6) is 0 Å². The zero-order valence-electron chi connectivity index (χ0n) is 12.5. The van der Waals surface area contributed by atoms with Crippen molar-refractivity contribution in [2.24, 2.45) is 0 Å². The van der Waals surface area contributed by atoms with E-state index < -0.39 is 11.9 Å². The summed E-state index contributed by atoms with van der Waals surface area (Å²) in [5.41, 5.74) is 2.76. The molecule has 0 unspecified atom stereocenters. The molecule has 0 amide bonds. The molecule has 0 aromatic heterocycles. The molecule has 0 aliphatic carbocycles. The number of allylic oxidation sites excluding steroid dienone is 1. The van der Waals surface area contributed by atoms with Crippen LogP contribution in [-0.4, -0.2) is 33.2 Å². The molecule has 5 nitrogen and oxygen atoms in total. The molecule has 0 N–H and O–H groups in total. The SMILES string of the molecule is COC(=O)C1=Cc2ccccc2N(C)C(C)=C1C(=O)OC. The average Bonchev–Trinajstić information content (AvgIpc) is 2.62. The van der Waals surface area contributed by atoms with Crippen LogP contribution in [0.25, 0.3) is 6.08 Å². The lowest BCUT2D eigenvalue weighted by Gasteiger charge is -2.22. The number of benzene rings is 1. The lowest BCUT2D eigenvalue weighted by molar-refractivity contribution is -0.139. The highest BCUT2D eigenvalue weighted by Crippen LogP contribution is 2.33. The first-order valence-corrected chi connectivity index (χ1v) is 6.43. The van der Waals surface area contributed by atoms with Gasteiger partial charge in [0.15, 0.2) is 0 Å². The van der Waals surface area contributed by atoms with Crippen LogP contribution in [0.3, 0.4) is 0 Å². The van der Waals surface area contributed by atoms with E-state index in [2.05, 4.69) is 0 Å². The number of hydrogen-bond donors (Lipinski definition) is 0. The van der Waals surface area contributed by atoms with Crippen LogP contribution >= 0.6 is 0 Å². The fourth-order valence-corrected chi connectivity index (χ4v) is 2.32. The summed E-state index contributed by atoms with van der Waals surface area (Å²) >= 11 is 0. The molecular weight excluding hydrogens is 270 g/mol. The molecule has 5 heteroatoms. The van der Waals surface area contributed by atoms with Crippen LogP contribution in [0.4, 0.5) is 5.69 Å². The monoisotopic (exact) mass is 287 g/mol. The Labute approximate surface area is 123 Å². The third-order valence-corrected chi connectivity index (χ3v) is 3.53. The van der Waals surface area contributed by atoms with Gasteiger partial charge in [0.25, 0.3) is 0 Å². The Morgan fingerprint density at radius 3 is 2.29 bits per heavy atom. The Hall–Kier alpha value is -2.56. The second-order valence-electron chi connectivity index (χ2n) is 4.62. The molecule has 110 valence electrons. The third kappa shape index (κ3) is 2.54. The smallest absolute Gasteiger partial charge is 0.340 e. The van der Waals surface area contributed by atoms with E-state index in [1.807, 2.05) is 36.2 Å². The van der Waals surface area contributed by atoms with Gasteiger partial charge in [-0.05, 0) is 24.6 Å². The number of hydrogen-bond acceptors (Lipinski definition) is 5. The van der Waals surface area contributed by atoms with Crippen molar-refractivity contribution in [3.8, 4) is 0 Å². The zero-order valence-corrected chi connectivity index (χ0v) is 12.5. The second kappa shape index (κ2) is 5.83. The van der Waals surface area contributed by atoms with Crippen LogP contribution in [0.2, 0.25) is 0 Å². The zero-order chi connectivity index (χ0) is 15.6. The molecule has 1 heterocycles. The van der Waals surface area contributed by atoms with Crippen molar-refractivity contribution in [1.82, 2.24) is 0 Å². The highest BCUT2D eigenvalue weighted by atomic mass is 16.5. The largest absolute Gasteiger partial charge is 0.465 e. The predicted molar refractivity (Wildman–Crippen MR) is 79.6 cm³/mol. The molecule has 1 aliphatic rings. The fraction of sp³-hybridized carbons (Fsp3) is 0.250. The quantitative estimate of drug-likeness (QED) is 0.780. The topological polar surface area (TPSA) is 55.8 Å². The van der Waals surface area contributed by atoms with Crippen LogP contribution in [0, 0.1) is 0 Å². The van der Waals surface area contributed by atoms with E-state index in [1.54, 1.807) is 13.0 Å². The highest BCUT2D eigenvalue weighted by molar-refractivity contribution is 6.11. The molecule has 21 heavy (non-hydrogen) atoms. The minimum absolute atomic E-state index is 0.193. The molecule has 0 atom stereocenters. The predicted octanol–water partition coefficient (Wildman–Crippen LogP) is 2.14. The number of rotatable bonds is 2. The molecule has 1 aromatic rings. The summed E-state index contributed by atoms with van der Waals surface area (Å²) in [6.07, 6.45) is 1.65. The van der Waals surface area contributed by atoms with Gasteiger partial charge in [0, 0.05) is 18.4 Å². The van der Waals surface area contributed by atoms with E-state index in [0.717, 1.165) is 11.3 Å². The van der Waals surface area contributed by atoms with Crippen molar-refractivity contribution in [2.45, 2.75) is 6.92 Å². The summed E-state index contributed by atoms with van der Waals surface area (Å²) in [6.45, 7) is 1.77. The molecule has 0 bridgehead atoms. The fourth-order valence-electron chi connectivity index (χ4n) is 2.32. The number of carbonyl (C=O) groups excluding carboxylic acids is 2. The van der Waals surface area contributed by atoms with E-state index in [1.165, 1.54) is 14.2 Å². The first kappa shape index (κ1) is 14.8. The van der Waals surface area contributed by atoms with Crippen molar-refractivity contribution in [2.75, 3.05) is 26.2 Å². The summed E-state index contributed by atoms with van der Waals surface area (Å²) in [5, 5.41) is 0. The summed E-state index contributed by atoms with van der Waals surface area (Å²) < 4.78 is 9.62. The third-order valence-electron chi connectivity index (χ3n) is 3.53. The molecule has 0 radical (unpaired) electrons. The maximum absolute atomic E-state index is 12.1. The number of anilines is 1. The van der Waals surface area contributed by atoms with Gasteiger partial charge in [-0.15, -0.1) is 0 Å². The summed E-state index contributed by atoms with van der Waals surface area (Å²) in [7, 11) is 4.41. The normalized spacial score (nSPS) is 14.1. The van der Waals surface area contributed by atoms with E-state index in [0.29, 0.717) is 5.70 Å². The van der Waals surface area contributed by atoms with Crippen LogP contribution in [0.15, 0.2) is 41.1 Å². The average molecular weight is 287 g/mol. The molecule has 1 aliphatic heterocycles. The standard InChI is InChI=1S/C16H17NO4/c1-10-14(16(19)21-4)12(15(18)20-3)9-11-7-5-6-8-13(11)17(10)2/h5-9H,1-4H3. The molecule has 0 fully saturated rings. The van der Waals surface area contributed by atoms with Crippen molar-refractivity contribution < 1.29 is 19.1 Å². The van der Waals surface area contributed by atoms with Gasteiger partial charge in [0.2, 0.25) is 0 Å². The lowest BCUT2D eigenvalue weighted by Crippen LogP contribution is -2.22. The van der Waals surface area contributed by atoms with E-state index >= 15 is 0 Å². The van der Waals surface area contributed by atoms with Crippen molar-refractivity contribution >= 4 is 23.7 Å². The van der Waals surface area contributed by atoms with Crippen molar-refractivity contribution in [1.29, 1.82) is 0 Å². The number of fused-ring (bicyclic) bond motifs is 1. The van der Waals surface area contributed by atoms with Gasteiger partial charge in [-0.3, -0.25) is 0 Å². The Morgan fingerprint density at radius 1 is 1.05 bits per heavy atom. The van der Waals surface area contributed by atoms with Crippen molar-refractivity contribution in [3.05, 3.63) is 46.7 Å².